The van der Waals surface area contributed by atoms with Crippen LogP contribution < -0.4 is 15.5 Å². The van der Waals surface area contributed by atoms with Crippen LogP contribution in [0.4, 0.5) is 13.6 Å². The van der Waals surface area contributed by atoms with Gasteiger partial charge in [0.05, 0.1) is 19.3 Å². The molecule has 1 aromatic heterocycles. The molecule has 1 N–H and O–H groups in total. The van der Waals surface area contributed by atoms with Crippen LogP contribution in [0.15, 0.2) is 34.3 Å². The first-order valence-electron chi connectivity index (χ1n) is 14.5. The number of fused-ring (bicyclic) bond motifs is 4. The van der Waals surface area contributed by atoms with Gasteiger partial charge in [0.1, 0.15) is 29.9 Å². The maximum absolute atomic E-state index is 14.2. The maximum Gasteiger partial charge on any atom is 0.511 e. The van der Waals surface area contributed by atoms with Gasteiger partial charge in [-0.05, 0) is 26.8 Å². The third-order valence-electron chi connectivity index (χ3n) is 7.82. The van der Waals surface area contributed by atoms with Crippen molar-refractivity contribution in [3.05, 3.63) is 63.1 Å². The van der Waals surface area contributed by atoms with Gasteiger partial charge in [-0.3, -0.25) is 14.4 Å². The fraction of sp³-hybridized carbons (Fsp3) is 0.500. The molecule has 14 nitrogen and oxygen atoms in total. The van der Waals surface area contributed by atoms with Crippen molar-refractivity contribution in [3.63, 3.8) is 0 Å². The molecule has 0 spiro atoms. The number of halogens is 2. The number of nitrogens with zero attached hydrogens (tertiary/aromatic N) is 3. The first-order valence-corrected chi connectivity index (χ1v) is 14.5. The van der Waals surface area contributed by atoms with E-state index in [0.29, 0.717) is 12.5 Å². The zero-order chi connectivity index (χ0) is 33.5. The number of hydrogen-bond donors (Lipinski definition) is 1. The minimum atomic E-state index is -1.12. The lowest BCUT2D eigenvalue weighted by Gasteiger charge is -2.40. The summed E-state index contributed by atoms with van der Waals surface area (Å²) in [7, 11) is 2.85. The number of nitrogens with one attached hydrogen (secondary N) is 1. The number of rotatable bonds is 9. The number of oxime groups is 1. The molecule has 4 rings (SSSR count). The molecule has 4 atom stereocenters. The molecule has 2 aliphatic heterocycles. The summed E-state index contributed by atoms with van der Waals surface area (Å²) in [5, 5.41) is 6.47. The number of pyridine rings is 1. The second kappa shape index (κ2) is 15.0. The Morgan fingerprint density at radius 3 is 2.63 bits per heavy atom. The van der Waals surface area contributed by atoms with Gasteiger partial charge in [-0.25, -0.2) is 13.6 Å². The van der Waals surface area contributed by atoms with Crippen molar-refractivity contribution in [3.8, 4) is 5.75 Å². The quantitative estimate of drug-likeness (QED) is 0.316. The Hall–Kier alpha value is -4.73. The molecule has 2 unspecified atom stereocenters. The molecule has 2 bridgehead atoms. The van der Waals surface area contributed by atoms with Crippen molar-refractivity contribution < 1.29 is 51.7 Å². The maximum atomic E-state index is 14.2. The first-order chi connectivity index (χ1) is 21.9. The van der Waals surface area contributed by atoms with Crippen molar-refractivity contribution in [1.82, 2.24) is 14.8 Å². The molecule has 0 fully saturated rings. The Morgan fingerprint density at radius 2 is 1.93 bits per heavy atom. The van der Waals surface area contributed by atoms with Crippen LogP contribution in [0.2, 0.25) is 0 Å². The van der Waals surface area contributed by atoms with Gasteiger partial charge in [-0.15, -0.1) is 0 Å². The van der Waals surface area contributed by atoms with Gasteiger partial charge in [-0.1, -0.05) is 11.2 Å². The number of ether oxygens (including phenoxy) is 5. The van der Waals surface area contributed by atoms with Crippen molar-refractivity contribution in [2.75, 3.05) is 34.2 Å². The number of hydrogen-bond acceptors (Lipinski definition) is 11. The number of aromatic nitrogens is 1. The highest BCUT2D eigenvalue weighted by Gasteiger charge is 2.39. The average molecular weight is 651 g/mol. The SMILES string of the molecule is CO/C1=N/OCC[C@H](C)N2C[C@H](C1)n1cc(C(=O)NCc3ccc(F)cc3F)c(=O)c(OCOC(=O)OC(C)C(C)OC)c1C2=O. The second-order valence-corrected chi connectivity index (χ2v) is 10.8. The molecule has 16 heteroatoms. The Morgan fingerprint density at radius 1 is 1.17 bits per heavy atom. The average Bonchev–Trinajstić information content (AvgIpc) is 3.02. The molecular weight excluding hydrogens is 614 g/mol. The Labute approximate surface area is 263 Å². The van der Waals surface area contributed by atoms with Crippen molar-refractivity contribution >= 4 is 23.9 Å². The minimum Gasteiger partial charge on any atom is -0.482 e. The summed E-state index contributed by atoms with van der Waals surface area (Å²) >= 11 is 0. The van der Waals surface area contributed by atoms with Crippen LogP contribution in [0, 0.1) is 11.6 Å². The Kier molecular flexibility index (Phi) is 11.2. The fourth-order valence-corrected chi connectivity index (χ4v) is 4.88. The molecule has 2 aliphatic rings. The lowest BCUT2D eigenvalue weighted by atomic mass is 10.0. The third kappa shape index (κ3) is 7.73. The summed E-state index contributed by atoms with van der Waals surface area (Å²) in [6.45, 7) is 4.23. The molecule has 1 aromatic carbocycles. The van der Waals surface area contributed by atoms with Gasteiger partial charge >= 0.3 is 6.16 Å². The van der Waals surface area contributed by atoms with Crippen LogP contribution in [-0.4, -0.2) is 85.7 Å². The van der Waals surface area contributed by atoms with Crippen LogP contribution in [0.1, 0.15) is 66.1 Å². The highest BCUT2D eigenvalue weighted by atomic mass is 19.1. The van der Waals surface area contributed by atoms with E-state index in [9.17, 15) is 28.0 Å². The largest absolute Gasteiger partial charge is 0.511 e. The predicted octanol–water partition coefficient (Wildman–Crippen LogP) is 3.13. The number of methoxy groups -OCH3 is 2. The molecule has 0 saturated carbocycles. The molecule has 0 saturated heterocycles. The van der Waals surface area contributed by atoms with E-state index in [2.05, 4.69) is 10.5 Å². The van der Waals surface area contributed by atoms with Gasteiger partial charge in [0.15, 0.2) is 5.69 Å². The highest BCUT2D eigenvalue weighted by molar-refractivity contribution is 5.99. The molecular formula is C30H36F2N4O10. The summed E-state index contributed by atoms with van der Waals surface area (Å²) < 4.78 is 55.2. The molecule has 2 amide bonds. The summed E-state index contributed by atoms with van der Waals surface area (Å²) in [6.07, 6.45) is -0.526. The molecule has 0 radical (unpaired) electrons. The summed E-state index contributed by atoms with van der Waals surface area (Å²) in [6, 6.07) is 1.91. The van der Waals surface area contributed by atoms with E-state index < -0.39 is 71.4 Å². The van der Waals surface area contributed by atoms with Crippen molar-refractivity contribution in [2.24, 2.45) is 5.16 Å². The van der Waals surface area contributed by atoms with E-state index >= 15 is 0 Å². The molecule has 0 aliphatic carbocycles. The van der Waals surface area contributed by atoms with Crippen LogP contribution >= 0.6 is 0 Å². The number of carbonyl (C=O) groups excluding carboxylic acids is 3. The van der Waals surface area contributed by atoms with E-state index in [4.69, 9.17) is 28.5 Å². The van der Waals surface area contributed by atoms with Crippen LogP contribution in [0.25, 0.3) is 0 Å². The second-order valence-electron chi connectivity index (χ2n) is 10.8. The number of benzene rings is 1. The van der Waals surface area contributed by atoms with Gasteiger partial charge in [0.2, 0.25) is 23.9 Å². The standard InChI is InChI=1S/C30H36F2N4O10/c1-16-8-9-45-34-24(42-5)11-21-13-35(16)29(39)25-27(43-15-44-30(40)46-18(3)17(2)41-4)26(37)22(14-36(21)25)28(38)33-12-19-6-7-20(31)10-23(19)32/h6-7,10,14,16-18,21H,8-9,11-13,15H2,1-5H3,(H,33,38)/b34-24+/t16-,17?,18?,21-/m0/s1. The van der Waals surface area contributed by atoms with E-state index in [1.807, 2.05) is 6.92 Å². The fourth-order valence-electron chi connectivity index (χ4n) is 4.88. The van der Waals surface area contributed by atoms with Crippen LogP contribution in [-0.2, 0) is 30.3 Å². The monoisotopic (exact) mass is 650 g/mol. The lowest BCUT2D eigenvalue weighted by molar-refractivity contribution is -0.0506. The summed E-state index contributed by atoms with van der Waals surface area (Å²) in [5.41, 5.74) is -1.66. The zero-order valence-electron chi connectivity index (χ0n) is 26.0. The van der Waals surface area contributed by atoms with Gasteiger partial charge in [-0.2, -0.15) is 0 Å². The summed E-state index contributed by atoms with van der Waals surface area (Å²) in [5.74, 6) is -3.53. The molecule has 46 heavy (non-hydrogen) atoms. The van der Waals surface area contributed by atoms with E-state index in [0.717, 1.165) is 12.1 Å². The predicted molar refractivity (Wildman–Crippen MR) is 156 cm³/mol. The highest BCUT2D eigenvalue weighted by Crippen LogP contribution is 2.32. The van der Waals surface area contributed by atoms with E-state index in [1.54, 1.807) is 18.7 Å². The van der Waals surface area contributed by atoms with Crippen LogP contribution in [0.3, 0.4) is 0 Å². The normalized spacial score (nSPS) is 20.2. The Balaban J connectivity index is 1.72. The lowest BCUT2D eigenvalue weighted by Crippen LogP contribution is -2.50. The zero-order valence-corrected chi connectivity index (χ0v) is 26.0. The third-order valence-corrected chi connectivity index (χ3v) is 7.82. The Bertz CT molecular complexity index is 1550. The number of carbonyl (C=O) groups is 3. The topological polar surface area (TPSA) is 156 Å². The number of amides is 2. The smallest absolute Gasteiger partial charge is 0.482 e. The molecule has 250 valence electrons. The first kappa shape index (κ1) is 34.1. The van der Waals surface area contributed by atoms with Gasteiger partial charge in [0, 0.05) is 56.9 Å². The molecule has 2 aromatic rings. The van der Waals surface area contributed by atoms with E-state index in [1.165, 1.54) is 25.0 Å². The van der Waals surface area contributed by atoms with Crippen LogP contribution in [0.5, 0.6) is 5.75 Å². The summed E-state index contributed by atoms with van der Waals surface area (Å²) in [4.78, 5) is 60.2. The minimum absolute atomic E-state index is 0.0266. The van der Waals surface area contributed by atoms with Crippen molar-refractivity contribution in [1.29, 1.82) is 0 Å². The van der Waals surface area contributed by atoms with Gasteiger partial charge < -0.3 is 43.3 Å². The van der Waals surface area contributed by atoms with Crippen molar-refractivity contribution in [2.45, 2.75) is 64.4 Å². The molecule has 3 heterocycles. The van der Waals surface area contributed by atoms with E-state index in [-0.39, 0.29) is 49.3 Å². The van der Waals surface area contributed by atoms with Gasteiger partial charge in [0.25, 0.3) is 11.8 Å².